The molecule has 0 aliphatic carbocycles. The molecule has 5 heterocycles. The maximum absolute atomic E-state index is 11.4. The van der Waals surface area contributed by atoms with Crippen LogP contribution in [-0.2, 0) is 19.2 Å². The van der Waals surface area contributed by atoms with Crippen LogP contribution in [0, 0.1) is 13.8 Å². The highest BCUT2D eigenvalue weighted by Gasteiger charge is 2.22. The van der Waals surface area contributed by atoms with Crippen LogP contribution >= 0.6 is 0 Å². The van der Waals surface area contributed by atoms with E-state index in [1.165, 1.54) is 13.8 Å². The number of hydrogen-bond donors (Lipinski definition) is 4. The van der Waals surface area contributed by atoms with Gasteiger partial charge in [-0.1, -0.05) is 0 Å². The first kappa shape index (κ1) is 31.8. The third-order valence-electron chi connectivity index (χ3n) is 7.75. The zero-order chi connectivity index (χ0) is 32.3. The fourth-order valence-electron chi connectivity index (χ4n) is 5.10. The van der Waals surface area contributed by atoms with Crippen LogP contribution in [0.4, 0.5) is 0 Å². The monoisotopic (exact) mass is 596 g/mol. The first-order chi connectivity index (χ1) is 20.7. The number of nitrogens with zero attached hydrogens (tertiary/aromatic N) is 2. The molecule has 10 nitrogen and oxygen atoms in total. The fraction of sp³-hybridized carbons (Fsp3) is 0.294. The Morgan fingerprint density at radius 2 is 1.00 bits per heavy atom. The lowest BCUT2D eigenvalue weighted by atomic mass is 9.98. The zero-order valence-corrected chi connectivity index (χ0v) is 25.7. The Bertz CT molecular complexity index is 1910. The lowest BCUT2D eigenvalue weighted by Gasteiger charge is -2.05. The van der Waals surface area contributed by atoms with Gasteiger partial charge in [-0.2, -0.15) is 0 Å². The van der Waals surface area contributed by atoms with Gasteiger partial charge in [-0.25, -0.2) is 9.97 Å². The van der Waals surface area contributed by atoms with Crippen molar-refractivity contribution < 1.29 is 29.4 Å². The quantitative estimate of drug-likeness (QED) is 0.219. The van der Waals surface area contributed by atoms with E-state index in [0.717, 1.165) is 66.9 Å². The van der Waals surface area contributed by atoms with E-state index in [4.69, 9.17) is 9.97 Å². The number of nitrogens with one attached hydrogen (secondary N) is 2. The van der Waals surface area contributed by atoms with Crippen LogP contribution in [0.3, 0.4) is 0 Å². The van der Waals surface area contributed by atoms with Crippen molar-refractivity contribution in [2.24, 2.45) is 0 Å². The smallest absolute Gasteiger partial charge is 0.303 e. The lowest BCUT2D eigenvalue weighted by Crippen LogP contribution is -2.01. The molecule has 8 bridgehead atoms. The zero-order valence-electron chi connectivity index (χ0n) is 25.7. The summed E-state index contributed by atoms with van der Waals surface area (Å²) in [5.41, 5.74) is 12.4. The predicted molar refractivity (Wildman–Crippen MR) is 171 cm³/mol. The third-order valence-corrected chi connectivity index (χ3v) is 7.75. The molecule has 0 fully saturated rings. The average Bonchev–Trinajstić information content (AvgIpc) is 3.63. The molecule has 0 unspecified atom stereocenters. The first-order valence-electron chi connectivity index (χ1n) is 14.3. The Kier molecular flexibility index (Phi) is 9.42. The minimum atomic E-state index is -0.873. The molecule has 0 radical (unpaired) electrons. The summed E-state index contributed by atoms with van der Waals surface area (Å²) in [6, 6.07) is 12.1. The van der Waals surface area contributed by atoms with E-state index < -0.39 is 11.9 Å². The molecule has 0 spiro atoms. The number of carboxylic acid groups (broad SMARTS) is 2. The number of rotatable bonds is 7. The van der Waals surface area contributed by atoms with Gasteiger partial charge in [-0.05, 0) is 110 Å². The molecule has 2 aliphatic rings. The molecule has 3 aromatic rings. The van der Waals surface area contributed by atoms with Crippen molar-refractivity contribution in [3.8, 4) is 0 Å². The number of ketones is 2. The minimum absolute atomic E-state index is 0.0138. The van der Waals surface area contributed by atoms with Crippen LogP contribution in [0.15, 0.2) is 36.4 Å². The number of aromatic nitrogens is 4. The summed E-state index contributed by atoms with van der Waals surface area (Å²) >= 11 is 0. The highest BCUT2D eigenvalue weighted by atomic mass is 16.4. The summed E-state index contributed by atoms with van der Waals surface area (Å²) in [4.78, 5) is 59.2. The van der Waals surface area contributed by atoms with Crippen molar-refractivity contribution in [1.82, 2.24) is 19.9 Å². The maximum Gasteiger partial charge on any atom is 0.303 e. The number of Topliss-reactive ketones (excluding diaryl/α,β-unsaturated/α-hetero) is 2. The molecule has 5 rings (SSSR count). The maximum atomic E-state index is 11.4. The van der Waals surface area contributed by atoms with Crippen molar-refractivity contribution in [3.63, 3.8) is 0 Å². The third kappa shape index (κ3) is 7.26. The van der Waals surface area contributed by atoms with Crippen LogP contribution in [0.1, 0.15) is 87.3 Å². The number of hydrogen-bond acceptors (Lipinski definition) is 6. The van der Waals surface area contributed by atoms with E-state index in [1.54, 1.807) is 0 Å². The number of aryl methyl sites for hydroxylation is 2. The highest BCUT2D eigenvalue weighted by molar-refractivity contribution is 6.35. The van der Waals surface area contributed by atoms with Gasteiger partial charge in [0.15, 0.2) is 11.6 Å². The SMILES string of the molecule is CC(=O)C(C)=O.CC1=C(CCC(=O)O)c2cc3nc(cc4[nH]c(cc4C)cc4[nH]c(cc1n2)cc4C)C(C)=C3CCC(=O)O. The standard InChI is InChI=1S/C30H30N4O4.C4H6O2/c1-15-9-20-12-25-17(3)21(5-7-29(35)36)27(33-25)14-28-22(6-8-30(37)38)18(4)26(34-28)13-24-16(2)10-19(32-24)11-23(15)31-20;1-3(5)4(2)6/h9-14,31-32H,5-8H2,1-4H3,(H,35,36)(H,37,38);1-2H3. The van der Waals surface area contributed by atoms with Gasteiger partial charge in [0.2, 0.25) is 0 Å². The van der Waals surface area contributed by atoms with Gasteiger partial charge >= 0.3 is 11.9 Å². The summed E-state index contributed by atoms with van der Waals surface area (Å²) in [6.45, 7) is 10.5. The molecule has 228 valence electrons. The molecule has 4 N–H and O–H groups in total. The number of H-pyrrole nitrogens is 2. The van der Waals surface area contributed by atoms with Crippen LogP contribution in [-0.4, -0.2) is 53.7 Å². The summed E-state index contributed by atoms with van der Waals surface area (Å²) < 4.78 is 0. The molecule has 44 heavy (non-hydrogen) atoms. The predicted octanol–water partition coefficient (Wildman–Crippen LogP) is 6.69. The van der Waals surface area contributed by atoms with Gasteiger partial charge in [0.25, 0.3) is 0 Å². The van der Waals surface area contributed by atoms with Crippen molar-refractivity contribution in [1.29, 1.82) is 0 Å². The number of carbonyl (C=O) groups excluding carboxylic acids is 2. The second-order valence-corrected chi connectivity index (χ2v) is 11.1. The summed E-state index contributed by atoms with van der Waals surface area (Å²) in [5, 5.41) is 18.7. The fourth-order valence-corrected chi connectivity index (χ4v) is 5.10. The summed E-state index contributed by atoms with van der Waals surface area (Å²) in [7, 11) is 0. The van der Waals surface area contributed by atoms with Crippen LogP contribution in [0.25, 0.3) is 44.4 Å². The van der Waals surface area contributed by atoms with Crippen molar-refractivity contribution >= 4 is 67.9 Å². The Balaban J connectivity index is 0.000000670. The topological polar surface area (TPSA) is 166 Å². The number of allylic oxidation sites excluding steroid dienone is 4. The average molecular weight is 597 g/mol. The van der Waals surface area contributed by atoms with Gasteiger partial charge in [-0.3, -0.25) is 19.2 Å². The van der Waals surface area contributed by atoms with Gasteiger partial charge in [0.05, 0.1) is 22.8 Å². The van der Waals surface area contributed by atoms with E-state index in [9.17, 15) is 29.4 Å². The summed E-state index contributed by atoms with van der Waals surface area (Å²) in [6.07, 6.45) is 0.647. The summed E-state index contributed by atoms with van der Waals surface area (Å²) in [5.74, 6) is -2.50. The van der Waals surface area contributed by atoms with Gasteiger partial charge in [-0.15, -0.1) is 0 Å². The Morgan fingerprint density at radius 1 is 0.591 bits per heavy atom. The molecule has 3 aromatic heterocycles. The highest BCUT2D eigenvalue weighted by Crippen LogP contribution is 2.37. The molecule has 2 aliphatic heterocycles. The van der Waals surface area contributed by atoms with Gasteiger partial charge in [0, 0.05) is 48.8 Å². The van der Waals surface area contributed by atoms with E-state index in [2.05, 4.69) is 35.1 Å². The number of carboxylic acids is 2. The molecule has 0 atom stereocenters. The number of carbonyl (C=O) groups is 4. The molecular weight excluding hydrogens is 560 g/mol. The number of aromatic amines is 2. The number of fused-ring (bicyclic) bond motifs is 8. The van der Waals surface area contributed by atoms with Crippen LogP contribution in [0.2, 0.25) is 0 Å². The normalized spacial score (nSPS) is 12.6. The Hall–Kier alpha value is -5.12. The van der Waals surface area contributed by atoms with Crippen molar-refractivity contribution in [2.75, 3.05) is 0 Å². The van der Waals surface area contributed by atoms with E-state index >= 15 is 0 Å². The van der Waals surface area contributed by atoms with E-state index in [1.807, 2.05) is 39.0 Å². The van der Waals surface area contributed by atoms with Gasteiger partial charge < -0.3 is 20.2 Å². The van der Waals surface area contributed by atoms with Crippen LogP contribution < -0.4 is 0 Å². The van der Waals surface area contributed by atoms with Crippen molar-refractivity contribution in [2.45, 2.75) is 67.2 Å². The molecule has 0 amide bonds. The van der Waals surface area contributed by atoms with E-state index in [-0.39, 0.29) is 24.4 Å². The molecule has 0 saturated carbocycles. The Labute approximate surface area is 254 Å². The molecule has 0 aromatic carbocycles. The van der Waals surface area contributed by atoms with Crippen LogP contribution in [0.5, 0.6) is 0 Å². The molecule has 0 saturated heterocycles. The first-order valence-corrected chi connectivity index (χ1v) is 14.3. The number of aliphatic carboxylic acids is 2. The molecule has 10 heteroatoms. The second-order valence-electron chi connectivity index (χ2n) is 11.1. The largest absolute Gasteiger partial charge is 0.481 e. The second kappa shape index (κ2) is 13.0. The van der Waals surface area contributed by atoms with Gasteiger partial charge in [0.1, 0.15) is 0 Å². The van der Waals surface area contributed by atoms with E-state index in [0.29, 0.717) is 24.2 Å². The lowest BCUT2D eigenvalue weighted by molar-refractivity contribution is -0.137. The molecular formula is C34H36N4O6. The minimum Gasteiger partial charge on any atom is -0.481 e. The Morgan fingerprint density at radius 3 is 1.43 bits per heavy atom. The van der Waals surface area contributed by atoms with Crippen molar-refractivity contribution in [3.05, 3.63) is 70.3 Å².